The zero-order valence-electron chi connectivity index (χ0n) is 33.2. The van der Waals surface area contributed by atoms with Crippen LogP contribution in [0.25, 0.3) is 0 Å². The van der Waals surface area contributed by atoms with Crippen LogP contribution < -0.4 is 5.32 Å². The summed E-state index contributed by atoms with van der Waals surface area (Å²) < 4.78 is 0. The first-order valence-corrected chi connectivity index (χ1v) is 21.5. The Morgan fingerprint density at radius 1 is 0.520 bits per heavy atom. The molecule has 0 saturated carbocycles. The van der Waals surface area contributed by atoms with Crippen molar-refractivity contribution in [2.45, 2.75) is 219 Å². The lowest BCUT2D eigenvalue weighted by Gasteiger charge is -2.19. The molecule has 0 spiro atoms. The van der Waals surface area contributed by atoms with Crippen LogP contribution in [0.15, 0.2) is 60.8 Å². The Morgan fingerprint density at radius 2 is 0.920 bits per heavy atom. The predicted molar refractivity (Wildman–Crippen MR) is 221 cm³/mol. The number of amides is 1. The summed E-state index contributed by atoms with van der Waals surface area (Å²) in [5.41, 5.74) is 0. The molecule has 1 amide bonds. The van der Waals surface area contributed by atoms with E-state index in [2.05, 4.69) is 60.8 Å². The monoisotopic (exact) mass is 698 g/mol. The standard InChI is InChI=1S/C46H83NO3/c1-3-5-7-9-11-13-14-15-16-17-18-19-20-21-22-23-24-25-26-27-28-29-30-31-32-34-36-38-40-42-46(50)47-44(43-48)45(49)41-39-37-35-33-12-10-8-6-4-2/h4,6,12,18-19,21-22,33,39,41,44-45,48-49H,3,5,7-11,13-17,20,23-32,34-38,40,42-43H2,1-2H3,(H,47,50)/b6-4+,19-18-,22-21-,33-12+,41-39+. The lowest BCUT2D eigenvalue weighted by Crippen LogP contribution is -2.45. The van der Waals surface area contributed by atoms with Gasteiger partial charge in [-0.1, -0.05) is 190 Å². The maximum atomic E-state index is 12.3. The van der Waals surface area contributed by atoms with Gasteiger partial charge in [-0.15, -0.1) is 0 Å². The molecule has 0 heterocycles. The van der Waals surface area contributed by atoms with Crippen molar-refractivity contribution >= 4 is 5.91 Å². The predicted octanol–water partition coefficient (Wildman–Crippen LogP) is 13.3. The number of nitrogens with one attached hydrogen (secondary N) is 1. The van der Waals surface area contributed by atoms with Crippen LogP contribution in [0.5, 0.6) is 0 Å². The molecule has 290 valence electrons. The molecular weight excluding hydrogens is 615 g/mol. The number of aliphatic hydroxyl groups excluding tert-OH is 2. The number of hydrogen-bond acceptors (Lipinski definition) is 3. The summed E-state index contributed by atoms with van der Waals surface area (Å²) in [7, 11) is 0. The van der Waals surface area contributed by atoms with Gasteiger partial charge in [0.15, 0.2) is 0 Å². The molecule has 0 aromatic rings. The summed E-state index contributed by atoms with van der Waals surface area (Å²) in [5.74, 6) is -0.0838. The maximum Gasteiger partial charge on any atom is 0.220 e. The van der Waals surface area contributed by atoms with E-state index in [-0.39, 0.29) is 12.5 Å². The molecule has 0 saturated heterocycles. The first-order valence-electron chi connectivity index (χ1n) is 21.5. The number of hydrogen-bond donors (Lipinski definition) is 3. The molecule has 0 aliphatic rings. The van der Waals surface area contributed by atoms with Crippen LogP contribution in [0.4, 0.5) is 0 Å². The molecule has 50 heavy (non-hydrogen) atoms. The molecule has 4 nitrogen and oxygen atoms in total. The van der Waals surface area contributed by atoms with E-state index in [4.69, 9.17) is 0 Å². The summed E-state index contributed by atoms with van der Waals surface area (Å²) >= 11 is 0. The molecule has 4 heteroatoms. The van der Waals surface area contributed by atoms with Crippen molar-refractivity contribution in [2.24, 2.45) is 0 Å². The molecule has 0 aromatic carbocycles. The third-order valence-electron chi connectivity index (χ3n) is 9.55. The Hall–Kier alpha value is -1.91. The number of allylic oxidation sites excluding steroid dienone is 9. The summed E-state index contributed by atoms with van der Waals surface area (Å²) in [6.45, 7) is 4.06. The second-order valence-electron chi connectivity index (χ2n) is 14.4. The molecule has 0 bridgehead atoms. The van der Waals surface area contributed by atoms with Gasteiger partial charge in [-0.25, -0.2) is 0 Å². The van der Waals surface area contributed by atoms with Crippen molar-refractivity contribution in [3.8, 4) is 0 Å². The quantitative estimate of drug-likeness (QED) is 0.0444. The fourth-order valence-electron chi connectivity index (χ4n) is 6.25. The van der Waals surface area contributed by atoms with Crippen LogP contribution >= 0.6 is 0 Å². The lowest BCUT2D eigenvalue weighted by atomic mass is 10.0. The molecule has 0 fully saturated rings. The number of aliphatic hydroxyl groups is 2. The van der Waals surface area contributed by atoms with Crippen molar-refractivity contribution in [2.75, 3.05) is 6.61 Å². The Morgan fingerprint density at radius 3 is 1.38 bits per heavy atom. The molecule has 0 aromatic heterocycles. The van der Waals surface area contributed by atoms with Gasteiger partial charge in [0.2, 0.25) is 5.91 Å². The van der Waals surface area contributed by atoms with Gasteiger partial charge in [0.1, 0.15) is 0 Å². The average molecular weight is 698 g/mol. The highest BCUT2D eigenvalue weighted by atomic mass is 16.3. The number of carbonyl (C=O) groups excluding carboxylic acids is 1. The minimum absolute atomic E-state index is 0.0838. The van der Waals surface area contributed by atoms with Crippen LogP contribution in [0.1, 0.15) is 206 Å². The normalized spacial score (nSPS) is 13.6. The third kappa shape index (κ3) is 37.3. The molecule has 0 aliphatic heterocycles. The van der Waals surface area contributed by atoms with Gasteiger partial charge in [-0.3, -0.25) is 4.79 Å². The van der Waals surface area contributed by atoms with E-state index in [1.807, 2.05) is 13.0 Å². The summed E-state index contributed by atoms with van der Waals surface area (Å²) in [6, 6.07) is -0.645. The highest BCUT2D eigenvalue weighted by Gasteiger charge is 2.17. The zero-order valence-corrected chi connectivity index (χ0v) is 33.2. The third-order valence-corrected chi connectivity index (χ3v) is 9.55. The Bertz CT molecular complexity index is 842. The molecule has 2 atom stereocenters. The van der Waals surface area contributed by atoms with Gasteiger partial charge in [-0.2, -0.15) is 0 Å². The van der Waals surface area contributed by atoms with Gasteiger partial charge in [0.25, 0.3) is 0 Å². The Kier molecular flexibility index (Phi) is 39.9. The second-order valence-corrected chi connectivity index (χ2v) is 14.4. The SMILES string of the molecule is C/C=C/CC/C=C/CC/C=C/C(O)C(CO)NC(=O)CCCCCCCCCCCCCCC/C=C\C/C=C\CCCCCCCCCCC. The second kappa shape index (κ2) is 41.5. The van der Waals surface area contributed by atoms with Gasteiger partial charge < -0.3 is 15.5 Å². The number of carbonyl (C=O) groups is 1. The molecule has 0 aliphatic carbocycles. The average Bonchev–Trinajstić information content (AvgIpc) is 3.12. The summed E-state index contributed by atoms with van der Waals surface area (Å²) in [6.07, 6.45) is 57.9. The fraction of sp³-hybridized carbons (Fsp3) is 0.761. The first-order chi connectivity index (χ1) is 24.7. The van der Waals surface area contributed by atoms with Gasteiger partial charge in [0.05, 0.1) is 18.8 Å². The Balaban J connectivity index is 3.49. The van der Waals surface area contributed by atoms with E-state index in [1.165, 1.54) is 141 Å². The lowest BCUT2D eigenvalue weighted by molar-refractivity contribution is -0.123. The van der Waals surface area contributed by atoms with Crippen LogP contribution in [0, 0.1) is 0 Å². The van der Waals surface area contributed by atoms with E-state index in [0.717, 1.165) is 44.9 Å². The minimum Gasteiger partial charge on any atom is -0.394 e. The smallest absolute Gasteiger partial charge is 0.220 e. The Labute approximate surface area is 311 Å². The van der Waals surface area contributed by atoms with E-state index in [9.17, 15) is 15.0 Å². The highest BCUT2D eigenvalue weighted by molar-refractivity contribution is 5.76. The number of rotatable bonds is 38. The van der Waals surface area contributed by atoms with Gasteiger partial charge >= 0.3 is 0 Å². The van der Waals surface area contributed by atoms with E-state index < -0.39 is 12.1 Å². The number of unbranched alkanes of at least 4 members (excludes halogenated alkanes) is 24. The molecule has 3 N–H and O–H groups in total. The van der Waals surface area contributed by atoms with Crippen molar-refractivity contribution in [1.29, 1.82) is 0 Å². The molecule has 0 radical (unpaired) electrons. The van der Waals surface area contributed by atoms with Crippen molar-refractivity contribution in [3.05, 3.63) is 60.8 Å². The summed E-state index contributed by atoms with van der Waals surface area (Å²) in [4.78, 5) is 12.3. The van der Waals surface area contributed by atoms with Gasteiger partial charge in [0, 0.05) is 6.42 Å². The van der Waals surface area contributed by atoms with Gasteiger partial charge in [-0.05, 0) is 71.1 Å². The van der Waals surface area contributed by atoms with Crippen molar-refractivity contribution < 1.29 is 15.0 Å². The van der Waals surface area contributed by atoms with Crippen LogP contribution in [-0.2, 0) is 4.79 Å². The highest BCUT2D eigenvalue weighted by Crippen LogP contribution is 2.14. The van der Waals surface area contributed by atoms with Crippen molar-refractivity contribution in [1.82, 2.24) is 5.32 Å². The van der Waals surface area contributed by atoms with Crippen molar-refractivity contribution in [3.63, 3.8) is 0 Å². The maximum absolute atomic E-state index is 12.3. The van der Waals surface area contributed by atoms with E-state index in [1.54, 1.807) is 6.08 Å². The largest absolute Gasteiger partial charge is 0.394 e. The molecule has 0 rings (SSSR count). The van der Waals surface area contributed by atoms with Crippen LogP contribution in [0.2, 0.25) is 0 Å². The van der Waals surface area contributed by atoms with Crippen LogP contribution in [0.3, 0.4) is 0 Å². The van der Waals surface area contributed by atoms with Crippen LogP contribution in [-0.4, -0.2) is 34.9 Å². The topological polar surface area (TPSA) is 69.6 Å². The minimum atomic E-state index is -0.869. The summed E-state index contributed by atoms with van der Waals surface area (Å²) in [5, 5.41) is 22.8. The first kappa shape index (κ1) is 48.1. The van der Waals surface area contributed by atoms with E-state index in [0.29, 0.717) is 6.42 Å². The zero-order chi connectivity index (χ0) is 36.4. The molecular formula is C46H83NO3. The fourth-order valence-corrected chi connectivity index (χ4v) is 6.25. The molecule has 2 unspecified atom stereocenters. The van der Waals surface area contributed by atoms with E-state index >= 15 is 0 Å².